The van der Waals surface area contributed by atoms with Gasteiger partial charge in [0.15, 0.2) is 6.61 Å². The van der Waals surface area contributed by atoms with E-state index in [4.69, 9.17) is 10.5 Å². The van der Waals surface area contributed by atoms with Gasteiger partial charge in [-0.1, -0.05) is 0 Å². The number of carbonyl (C=O) groups is 2. The second-order valence-electron chi connectivity index (χ2n) is 5.55. The lowest BCUT2D eigenvalue weighted by molar-refractivity contribution is 0.0478. The van der Waals surface area contributed by atoms with Crippen LogP contribution < -0.4 is 17.0 Å². The van der Waals surface area contributed by atoms with Crippen molar-refractivity contribution in [2.45, 2.75) is 25.8 Å². The average molecular weight is 349 g/mol. The molecule has 3 N–H and O–H groups in total. The van der Waals surface area contributed by atoms with Crippen molar-refractivity contribution in [2.24, 2.45) is 0 Å². The summed E-state index contributed by atoms with van der Waals surface area (Å²) >= 11 is 1.20. The first-order valence-corrected chi connectivity index (χ1v) is 8.16. The molecule has 2 aromatic heterocycles. The molecule has 2 aromatic rings. The molecule has 126 valence electrons. The molecule has 0 aromatic carbocycles. The van der Waals surface area contributed by atoms with E-state index in [1.165, 1.54) is 15.9 Å². The zero-order valence-electron chi connectivity index (χ0n) is 12.8. The van der Waals surface area contributed by atoms with Gasteiger partial charge in [-0.25, -0.2) is 9.59 Å². The quantitative estimate of drug-likeness (QED) is 0.609. The number of anilines is 1. The van der Waals surface area contributed by atoms with Crippen LogP contribution in [0.3, 0.4) is 0 Å². The largest absolute Gasteiger partial charge is 0.453 e. The average Bonchev–Trinajstić information content (AvgIpc) is 3.24. The molecule has 1 fully saturated rings. The Morgan fingerprint density at radius 3 is 2.71 bits per heavy atom. The number of H-pyrrole nitrogens is 1. The molecule has 0 unspecified atom stereocenters. The fourth-order valence-electron chi connectivity index (χ4n) is 2.38. The van der Waals surface area contributed by atoms with Crippen molar-refractivity contribution in [3.05, 3.63) is 48.3 Å². The highest BCUT2D eigenvalue weighted by atomic mass is 32.1. The van der Waals surface area contributed by atoms with Crippen LogP contribution in [-0.4, -0.2) is 27.9 Å². The fourth-order valence-corrected chi connectivity index (χ4v) is 3.20. The Morgan fingerprint density at radius 1 is 1.42 bits per heavy atom. The number of nitrogens with one attached hydrogen (secondary N) is 1. The summed E-state index contributed by atoms with van der Waals surface area (Å²) < 4.78 is 6.17. The molecule has 1 saturated carbocycles. The third-order valence-electron chi connectivity index (χ3n) is 3.75. The molecule has 0 saturated heterocycles. The molecule has 0 amide bonds. The van der Waals surface area contributed by atoms with E-state index in [1.807, 2.05) is 0 Å². The van der Waals surface area contributed by atoms with E-state index in [-0.39, 0.29) is 17.4 Å². The van der Waals surface area contributed by atoms with Crippen molar-refractivity contribution in [3.63, 3.8) is 0 Å². The number of thiophene rings is 1. The van der Waals surface area contributed by atoms with Gasteiger partial charge >= 0.3 is 11.7 Å². The molecule has 24 heavy (non-hydrogen) atoms. The summed E-state index contributed by atoms with van der Waals surface area (Å²) in [6.45, 7) is 1.13. The zero-order chi connectivity index (χ0) is 17.4. The second kappa shape index (κ2) is 6.08. The molecular formula is C15H15N3O5S. The van der Waals surface area contributed by atoms with E-state index in [0.29, 0.717) is 4.88 Å². The molecule has 0 aliphatic heterocycles. The van der Waals surface area contributed by atoms with Crippen molar-refractivity contribution in [1.29, 1.82) is 0 Å². The first kappa shape index (κ1) is 16.2. The van der Waals surface area contributed by atoms with Crippen molar-refractivity contribution in [1.82, 2.24) is 9.55 Å². The standard InChI is InChI=1S/C15H15N3O5S/c1-7-4-5-24-11(7)14(21)23-6-9(19)10-12(16)18(8-2-3-8)15(22)17-13(10)20/h4-5,8H,2-3,6,16H2,1H3,(H,17,20,22). The van der Waals surface area contributed by atoms with Gasteiger partial charge in [0.05, 0.1) is 0 Å². The second-order valence-corrected chi connectivity index (χ2v) is 6.47. The van der Waals surface area contributed by atoms with E-state index in [2.05, 4.69) is 4.98 Å². The normalized spacial score (nSPS) is 13.7. The van der Waals surface area contributed by atoms with Crippen LogP contribution in [0.1, 0.15) is 44.5 Å². The van der Waals surface area contributed by atoms with Crippen LogP contribution in [0.5, 0.6) is 0 Å². The predicted molar refractivity (Wildman–Crippen MR) is 87.7 cm³/mol. The number of Topliss-reactive ketones (excluding diaryl/α,β-unsaturated/α-hetero) is 1. The molecule has 0 bridgehead atoms. The SMILES string of the molecule is Cc1ccsc1C(=O)OCC(=O)c1c(N)n(C2CC2)c(=O)[nH]c1=O. The lowest BCUT2D eigenvalue weighted by atomic mass is 10.2. The maximum absolute atomic E-state index is 12.3. The summed E-state index contributed by atoms with van der Waals surface area (Å²) in [5, 5.41) is 1.74. The highest BCUT2D eigenvalue weighted by Crippen LogP contribution is 2.35. The van der Waals surface area contributed by atoms with Gasteiger partial charge in [0.2, 0.25) is 5.78 Å². The van der Waals surface area contributed by atoms with Crippen LogP contribution in [0.4, 0.5) is 5.82 Å². The molecule has 0 spiro atoms. The zero-order valence-corrected chi connectivity index (χ0v) is 13.6. The number of hydrogen-bond acceptors (Lipinski definition) is 7. The van der Waals surface area contributed by atoms with Crippen LogP contribution >= 0.6 is 11.3 Å². The van der Waals surface area contributed by atoms with Crippen LogP contribution in [-0.2, 0) is 4.74 Å². The molecule has 2 heterocycles. The highest BCUT2D eigenvalue weighted by Gasteiger charge is 2.30. The summed E-state index contributed by atoms with van der Waals surface area (Å²) in [6, 6.07) is 1.66. The van der Waals surface area contributed by atoms with E-state index < -0.39 is 29.6 Å². The van der Waals surface area contributed by atoms with Gasteiger partial charge in [-0.15, -0.1) is 11.3 Å². The van der Waals surface area contributed by atoms with Gasteiger partial charge in [0.25, 0.3) is 5.56 Å². The molecule has 1 aliphatic carbocycles. The van der Waals surface area contributed by atoms with Gasteiger partial charge in [-0.3, -0.25) is 19.1 Å². The predicted octanol–water partition coefficient (Wildman–Crippen LogP) is 0.863. The minimum absolute atomic E-state index is 0.0998. The Morgan fingerprint density at radius 2 is 2.12 bits per heavy atom. The Balaban J connectivity index is 1.82. The minimum Gasteiger partial charge on any atom is -0.453 e. The number of ether oxygens (including phenoxy) is 1. The summed E-state index contributed by atoms with van der Waals surface area (Å²) in [5.41, 5.74) is 4.72. The van der Waals surface area contributed by atoms with E-state index in [0.717, 1.165) is 18.4 Å². The maximum atomic E-state index is 12.3. The smallest absolute Gasteiger partial charge is 0.349 e. The van der Waals surface area contributed by atoms with Crippen molar-refractivity contribution >= 4 is 28.9 Å². The lowest BCUT2D eigenvalue weighted by Gasteiger charge is -2.11. The Hall–Kier alpha value is -2.68. The molecule has 0 atom stereocenters. The van der Waals surface area contributed by atoms with Gasteiger partial charge in [-0.05, 0) is 36.8 Å². The molecule has 9 heteroatoms. The lowest BCUT2D eigenvalue weighted by Crippen LogP contribution is -2.36. The summed E-state index contributed by atoms with van der Waals surface area (Å²) in [6.07, 6.45) is 1.52. The third-order valence-corrected chi connectivity index (χ3v) is 4.75. The van der Waals surface area contributed by atoms with Gasteiger partial charge in [0, 0.05) is 6.04 Å². The number of hydrogen-bond donors (Lipinski definition) is 2. The number of esters is 1. The van der Waals surface area contributed by atoms with Crippen LogP contribution in [0, 0.1) is 6.92 Å². The first-order valence-electron chi connectivity index (χ1n) is 7.29. The summed E-state index contributed by atoms with van der Waals surface area (Å²) in [4.78, 5) is 50.4. The summed E-state index contributed by atoms with van der Waals surface area (Å²) in [5.74, 6) is -1.56. The molecule has 8 nitrogen and oxygen atoms in total. The minimum atomic E-state index is -0.872. The third kappa shape index (κ3) is 2.90. The van der Waals surface area contributed by atoms with Crippen molar-refractivity contribution in [3.8, 4) is 0 Å². The number of ketones is 1. The number of nitrogen functional groups attached to an aromatic ring is 1. The monoisotopic (exact) mass is 349 g/mol. The number of nitrogens with zero attached hydrogens (tertiary/aromatic N) is 1. The molecule has 3 rings (SSSR count). The maximum Gasteiger partial charge on any atom is 0.349 e. The van der Waals surface area contributed by atoms with Crippen LogP contribution in [0.2, 0.25) is 0 Å². The number of aromatic amines is 1. The van der Waals surface area contributed by atoms with Crippen LogP contribution in [0.25, 0.3) is 0 Å². The van der Waals surface area contributed by atoms with Gasteiger partial charge in [-0.2, -0.15) is 0 Å². The van der Waals surface area contributed by atoms with Gasteiger partial charge in [0.1, 0.15) is 16.3 Å². The number of carbonyl (C=O) groups excluding carboxylic acids is 2. The molecule has 1 aliphatic rings. The van der Waals surface area contributed by atoms with E-state index in [9.17, 15) is 19.2 Å². The van der Waals surface area contributed by atoms with Crippen LogP contribution in [0.15, 0.2) is 21.0 Å². The molecular weight excluding hydrogens is 334 g/mol. The first-order chi connectivity index (χ1) is 11.4. The Labute approximate surface area is 139 Å². The fraction of sp³-hybridized carbons (Fsp3) is 0.333. The van der Waals surface area contributed by atoms with Gasteiger partial charge < -0.3 is 10.5 Å². The number of aryl methyl sites for hydroxylation is 1. The Kier molecular flexibility index (Phi) is 4.10. The topological polar surface area (TPSA) is 124 Å². The van der Waals surface area contributed by atoms with Crippen molar-refractivity contribution < 1.29 is 14.3 Å². The highest BCUT2D eigenvalue weighted by molar-refractivity contribution is 7.12. The summed E-state index contributed by atoms with van der Waals surface area (Å²) in [7, 11) is 0. The van der Waals surface area contributed by atoms with E-state index >= 15 is 0 Å². The number of nitrogens with two attached hydrogens (primary N) is 1. The number of rotatable bonds is 5. The Bertz CT molecular complexity index is 935. The number of aromatic nitrogens is 2. The van der Waals surface area contributed by atoms with E-state index in [1.54, 1.807) is 18.4 Å². The molecule has 0 radical (unpaired) electrons. The van der Waals surface area contributed by atoms with Crippen molar-refractivity contribution in [2.75, 3.05) is 12.3 Å².